The number of hydrogen-bond acceptors (Lipinski definition) is 3. The highest BCUT2D eigenvalue weighted by atomic mass is 32.2. The normalized spacial score (nSPS) is 27.3. The highest BCUT2D eigenvalue weighted by Crippen LogP contribution is 2.43. The molecule has 102 valence electrons. The molecule has 0 aliphatic heterocycles. The first-order valence-electron chi connectivity index (χ1n) is 6.93. The fourth-order valence-corrected chi connectivity index (χ4v) is 3.04. The molecule has 0 radical (unpaired) electrons. The van der Waals surface area contributed by atoms with Gasteiger partial charge in [0.2, 0.25) is 0 Å². The van der Waals surface area contributed by atoms with E-state index in [1.807, 2.05) is 30.0 Å². The van der Waals surface area contributed by atoms with Crippen LogP contribution in [0.5, 0.6) is 0 Å². The lowest BCUT2D eigenvalue weighted by Gasteiger charge is -2.43. The monoisotopic (exact) mass is 274 g/mol. The zero-order valence-corrected chi connectivity index (χ0v) is 12.5. The first-order chi connectivity index (χ1) is 9.20. The second-order valence-electron chi connectivity index (χ2n) is 5.45. The van der Waals surface area contributed by atoms with E-state index in [9.17, 15) is 5.26 Å². The zero-order valence-electron chi connectivity index (χ0n) is 11.7. The minimum absolute atomic E-state index is 0.246. The predicted molar refractivity (Wildman–Crippen MR) is 82.4 cm³/mol. The van der Waals surface area contributed by atoms with Crippen molar-refractivity contribution in [2.45, 2.75) is 42.9 Å². The summed E-state index contributed by atoms with van der Waals surface area (Å²) in [4.78, 5) is 0. The molecule has 1 atom stereocenters. The molecule has 2 nitrogen and oxygen atoms in total. The molecule has 0 spiro atoms. The van der Waals surface area contributed by atoms with E-state index in [1.165, 1.54) is 12.0 Å². The van der Waals surface area contributed by atoms with Crippen molar-refractivity contribution in [3.8, 4) is 6.07 Å². The lowest BCUT2D eigenvalue weighted by Crippen LogP contribution is -2.51. The Kier molecular flexibility index (Phi) is 4.90. The van der Waals surface area contributed by atoms with Gasteiger partial charge in [-0.2, -0.15) is 17.0 Å². The Labute approximate surface area is 120 Å². The zero-order chi connectivity index (χ0) is 13.7. The van der Waals surface area contributed by atoms with Gasteiger partial charge in [0.25, 0.3) is 0 Å². The highest BCUT2D eigenvalue weighted by Gasteiger charge is 2.45. The molecule has 19 heavy (non-hydrogen) atoms. The molecule has 0 amide bonds. The molecule has 1 aromatic carbocycles. The van der Waals surface area contributed by atoms with Gasteiger partial charge in [-0.05, 0) is 37.6 Å². The van der Waals surface area contributed by atoms with E-state index in [4.69, 9.17) is 0 Å². The molecule has 3 heteroatoms. The highest BCUT2D eigenvalue weighted by molar-refractivity contribution is 7.99. The van der Waals surface area contributed by atoms with Crippen LogP contribution in [0.15, 0.2) is 30.3 Å². The molecule has 0 saturated heterocycles. The van der Waals surface area contributed by atoms with Crippen molar-refractivity contribution in [2.24, 2.45) is 0 Å². The number of nitriles is 1. The van der Waals surface area contributed by atoms with Crippen LogP contribution in [0.25, 0.3) is 0 Å². The van der Waals surface area contributed by atoms with E-state index in [-0.39, 0.29) is 5.41 Å². The summed E-state index contributed by atoms with van der Waals surface area (Å²) in [7, 11) is 0. The van der Waals surface area contributed by atoms with Gasteiger partial charge >= 0.3 is 0 Å². The topological polar surface area (TPSA) is 35.8 Å². The smallest absolute Gasteiger partial charge is 0.0852 e. The van der Waals surface area contributed by atoms with E-state index in [0.29, 0.717) is 11.3 Å². The summed E-state index contributed by atoms with van der Waals surface area (Å²) in [5, 5.41) is 13.8. The fourth-order valence-electron chi connectivity index (χ4n) is 2.68. The minimum atomic E-state index is -0.246. The van der Waals surface area contributed by atoms with Crippen LogP contribution in [-0.2, 0) is 5.41 Å². The number of rotatable bonds is 6. The molecule has 1 N–H and O–H groups in total. The van der Waals surface area contributed by atoms with Gasteiger partial charge in [0.15, 0.2) is 0 Å². The summed E-state index contributed by atoms with van der Waals surface area (Å²) in [6.07, 6.45) is 5.25. The number of hydrogen-bond donors (Lipinski definition) is 1. The predicted octanol–water partition coefficient (Wildman–Crippen LogP) is 3.34. The summed E-state index contributed by atoms with van der Waals surface area (Å²) in [6.45, 7) is 3.32. The standard InChI is InChI=1S/C16H22N2S/c1-13(19-2)8-9-18-15-10-16(11-15,12-17)14-6-4-3-5-7-14/h3-7,13,15,18H,8-11H2,1-2H3. The van der Waals surface area contributed by atoms with Crippen LogP contribution >= 0.6 is 11.8 Å². The summed E-state index contributed by atoms with van der Waals surface area (Å²) in [5.41, 5.74) is 0.928. The van der Waals surface area contributed by atoms with E-state index < -0.39 is 0 Å². The molecule has 0 aromatic heterocycles. The number of thioether (sulfide) groups is 1. The van der Waals surface area contributed by atoms with Crippen LogP contribution < -0.4 is 5.32 Å². The van der Waals surface area contributed by atoms with Gasteiger partial charge < -0.3 is 5.32 Å². The molecule has 1 aromatic rings. The largest absolute Gasteiger partial charge is 0.314 e. The maximum Gasteiger partial charge on any atom is 0.0852 e. The van der Waals surface area contributed by atoms with Gasteiger partial charge in [-0.3, -0.25) is 0 Å². The Balaban J connectivity index is 1.82. The van der Waals surface area contributed by atoms with Crippen LogP contribution in [-0.4, -0.2) is 24.1 Å². The molecule has 0 bridgehead atoms. The van der Waals surface area contributed by atoms with Crippen molar-refractivity contribution in [3.63, 3.8) is 0 Å². The quantitative estimate of drug-likeness (QED) is 0.864. The van der Waals surface area contributed by atoms with Gasteiger partial charge in [-0.15, -0.1) is 0 Å². The Morgan fingerprint density at radius 3 is 2.68 bits per heavy atom. The fraction of sp³-hybridized carbons (Fsp3) is 0.562. The minimum Gasteiger partial charge on any atom is -0.314 e. The Hall–Kier alpha value is -0.980. The summed E-state index contributed by atoms with van der Waals surface area (Å²) >= 11 is 1.91. The molecule has 1 unspecified atom stereocenters. The van der Waals surface area contributed by atoms with Crippen LogP contribution in [0.4, 0.5) is 0 Å². The average molecular weight is 274 g/mol. The summed E-state index contributed by atoms with van der Waals surface area (Å²) in [6, 6.07) is 13.2. The van der Waals surface area contributed by atoms with Crippen molar-refractivity contribution in [1.82, 2.24) is 5.32 Å². The molecule has 1 aliphatic carbocycles. The van der Waals surface area contributed by atoms with Crippen LogP contribution in [0.2, 0.25) is 0 Å². The van der Waals surface area contributed by atoms with Crippen molar-refractivity contribution in [3.05, 3.63) is 35.9 Å². The lowest BCUT2D eigenvalue weighted by molar-refractivity contribution is 0.227. The Morgan fingerprint density at radius 2 is 2.11 bits per heavy atom. The SMILES string of the molecule is CSC(C)CCNC1CC(C#N)(c2ccccc2)C1. The van der Waals surface area contributed by atoms with Gasteiger partial charge in [0, 0.05) is 11.3 Å². The molecular formula is C16H22N2S. The third kappa shape index (κ3) is 3.32. The molecule has 1 saturated carbocycles. The molecule has 0 heterocycles. The van der Waals surface area contributed by atoms with E-state index >= 15 is 0 Å². The summed E-state index contributed by atoms with van der Waals surface area (Å²) in [5.74, 6) is 0. The summed E-state index contributed by atoms with van der Waals surface area (Å²) < 4.78 is 0. The van der Waals surface area contributed by atoms with Gasteiger partial charge in [-0.25, -0.2) is 0 Å². The van der Waals surface area contributed by atoms with Gasteiger partial charge in [0.05, 0.1) is 11.5 Å². The van der Waals surface area contributed by atoms with Crippen molar-refractivity contribution in [2.75, 3.05) is 12.8 Å². The van der Waals surface area contributed by atoms with Crippen LogP contribution in [0, 0.1) is 11.3 Å². The number of benzene rings is 1. The van der Waals surface area contributed by atoms with E-state index in [1.54, 1.807) is 0 Å². The van der Waals surface area contributed by atoms with E-state index in [0.717, 1.165) is 19.4 Å². The molecular weight excluding hydrogens is 252 g/mol. The van der Waals surface area contributed by atoms with E-state index in [2.05, 4.69) is 36.7 Å². The number of nitrogens with zero attached hydrogens (tertiary/aromatic N) is 1. The Morgan fingerprint density at radius 1 is 1.42 bits per heavy atom. The second kappa shape index (κ2) is 6.45. The Bertz CT molecular complexity index is 432. The first-order valence-corrected chi connectivity index (χ1v) is 8.22. The maximum absolute atomic E-state index is 9.48. The lowest BCUT2D eigenvalue weighted by atomic mass is 9.62. The first kappa shape index (κ1) is 14.4. The van der Waals surface area contributed by atoms with Gasteiger partial charge in [0.1, 0.15) is 0 Å². The molecule has 2 rings (SSSR count). The second-order valence-corrected chi connectivity index (χ2v) is 6.73. The molecule has 1 aliphatic rings. The van der Waals surface area contributed by atoms with Crippen molar-refractivity contribution >= 4 is 11.8 Å². The van der Waals surface area contributed by atoms with Crippen LogP contribution in [0.3, 0.4) is 0 Å². The number of nitrogens with one attached hydrogen (secondary N) is 1. The maximum atomic E-state index is 9.48. The van der Waals surface area contributed by atoms with Crippen molar-refractivity contribution in [1.29, 1.82) is 5.26 Å². The third-order valence-electron chi connectivity index (χ3n) is 4.12. The third-order valence-corrected chi connectivity index (χ3v) is 5.16. The van der Waals surface area contributed by atoms with Crippen LogP contribution in [0.1, 0.15) is 31.7 Å². The molecule has 1 fully saturated rings. The van der Waals surface area contributed by atoms with Crippen molar-refractivity contribution < 1.29 is 0 Å². The van der Waals surface area contributed by atoms with Gasteiger partial charge in [-0.1, -0.05) is 37.3 Å². The average Bonchev–Trinajstić information content (AvgIpc) is 2.42.